The molecule has 1 saturated heterocycles. The predicted molar refractivity (Wildman–Crippen MR) is 92.9 cm³/mol. The van der Waals surface area contributed by atoms with Crippen LogP contribution in [0.1, 0.15) is 39.8 Å². The molecular formula is C19H24N4O. The summed E-state index contributed by atoms with van der Waals surface area (Å²) in [7, 11) is 4.12. The second-order valence-corrected chi connectivity index (χ2v) is 6.98. The fraction of sp³-hybridized carbons (Fsp3) is 0.474. The molecule has 1 aromatic heterocycles. The normalized spacial score (nSPS) is 21.1. The number of rotatable bonds is 2. The summed E-state index contributed by atoms with van der Waals surface area (Å²) in [6.45, 7) is 2.33. The van der Waals surface area contributed by atoms with Crippen LogP contribution in [0.3, 0.4) is 0 Å². The number of aromatic nitrogens is 2. The zero-order chi connectivity index (χ0) is 16.7. The van der Waals surface area contributed by atoms with E-state index in [9.17, 15) is 4.79 Å². The highest BCUT2D eigenvalue weighted by molar-refractivity contribution is 5.94. The first-order valence-corrected chi connectivity index (χ1v) is 8.72. The molecule has 126 valence electrons. The fourth-order valence-corrected chi connectivity index (χ4v) is 3.92. The average Bonchev–Trinajstić information content (AvgIpc) is 3.22. The molecule has 2 aromatic rings. The van der Waals surface area contributed by atoms with Gasteiger partial charge in [0.05, 0.1) is 6.04 Å². The van der Waals surface area contributed by atoms with Crippen molar-refractivity contribution in [1.29, 1.82) is 0 Å². The molecule has 0 spiro atoms. The lowest BCUT2D eigenvalue weighted by Gasteiger charge is -2.39. The topological polar surface area (TPSA) is 41.4 Å². The molecule has 2 aliphatic rings. The van der Waals surface area contributed by atoms with Crippen LogP contribution in [0, 0.1) is 0 Å². The van der Waals surface area contributed by atoms with Crippen LogP contribution in [0.15, 0.2) is 30.6 Å². The van der Waals surface area contributed by atoms with Gasteiger partial charge in [-0.1, -0.05) is 6.07 Å². The van der Waals surface area contributed by atoms with Gasteiger partial charge in [0.25, 0.3) is 5.91 Å². The lowest BCUT2D eigenvalue weighted by atomic mass is 10.0. The largest absolute Gasteiger partial charge is 0.337 e. The van der Waals surface area contributed by atoms with E-state index < -0.39 is 0 Å². The zero-order valence-electron chi connectivity index (χ0n) is 14.4. The molecular weight excluding hydrogens is 300 g/mol. The van der Waals surface area contributed by atoms with Crippen molar-refractivity contribution < 1.29 is 4.79 Å². The van der Waals surface area contributed by atoms with Crippen molar-refractivity contribution in [1.82, 2.24) is 19.4 Å². The van der Waals surface area contributed by atoms with Crippen LogP contribution in [-0.4, -0.2) is 51.9 Å². The summed E-state index contributed by atoms with van der Waals surface area (Å²) in [6.07, 6.45) is 7.26. The number of nitrogens with zero attached hydrogens (tertiary/aromatic N) is 4. The number of aryl methyl sites for hydroxylation is 3. The van der Waals surface area contributed by atoms with Gasteiger partial charge in [-0.15, -0.1) is 0 Å². The fourth-order valence-electron chi connectivity index (χ4n) is 3.92. The van der Waals surface area contributed by atoms with Crippen LogP contribution < -0.4 is 0 Å². The first kappa shape index (κ1) is 15.4. The monoisotopic (exact) mass is 324 g/mol. The van der Waals surface area contributed by atoms with Gasteiger partial charge in [-0.25, -0.2) is 4.98 Å². The zero-order valence-corrected chi connectivity index (χ0v) is 14.4. The Morgan fingerprint density at radius 1 is 1.17 bits per heavy atom. The highest BCUT2D eigenvalue weighted by Crippen LogP contribution is 2.26. The van der Waals surface area contributed by atoms with E-state index in [0.717, 1.165) is 37.3 Å². The Morgan fingerprint density at radius 2 is 2.00 bits per heavy atom. The first-order valence-electron chi connectivity index (χ1n) is 8.72. The summed E-state index contributed by atoms with van der Waals surface area (Å²) >= 11 is 0. The number of carbonyl (C=O) groups excluding carboxylic acids is 1. The molecule has 0 saturated carbocycles. The number of piperazine rings is 1. The van der Waals surface area contributed by atoms with E-state index in [2.05, 4.69) is 29.1 Å². The van der Waals surface area contributed by atoms with Crippen molar-refractivity contribution in [3.05, 3.63) is 53.1 Å². The molecule has 1 aliphatic heterocycles. The minimum absolute atomic E-state index is 0.150. The molecule has 1 aromatic carbocycles. The van der Waals surface area contributed by atoms with E-state index in [1.807, 2.05) is 35.0 Å². The molecule has 0 radical (unpaired) electrons. The molecule has 0 N–H and O–H groups in total. The van der Waals surface area contributed by atoms with Crippen molar-refractivity contribution in [3.8, 4) is 0 Å². The maximum atomic E-state index is 13.0. The number of benzene rings is 1. The summed E-state index contributed by atoms with van der Waals surface area (Å²) in [6, 6.07) is 6.40. The van der Waals surface area contributed by atoms with Crippen molar-refractivity contribution in [2.24, 2.45) is 7.05 Å². The third-order valence-electron chi connectivity index (χ3n) is 5.44. The van der Waals surface area contributed by atoms with Gasteiger partial charge in [-0.05, 0) is 49.6 Å². The van der Waals surface area contributed by atoms with Crippen molar-refractivity contribution in [2.45, 2.75) is 25.3 Å². The minimum atomic E-state index is 0.150. The minimum Gasteiger partial charge on any atom is -0.337 e. The van der Waals surface area contributed by atoms with E-state index in [4.69, 9.17) is 0 Å². The molecule has 5 nitrogen and oxygen atoms in total. The Balaban J connectivity index is 1.55. The molecule has 5 heteroatoms. The molecule has 1 amide bonds. The molecule has 1 fully saturated rings. The summed E-state index contributed by atoms with van der Waals surface area (Å²) < 4.78 is 2.05. The van der Waals surface area contributed by atoms with Gasteiger partial charge in [-0.3, -0.25) is 9.69 Å². The van der Waals surface area contributed by atoms with Crippen LogP contribution in [0.5, 0.6) is 0 Å². The van der Waals surface area contributed by atoms with Gasteiger partial charge >= 0.3 is 0 Å². The van der Waals surface area contributed by atoms with Crippen LogP contribution in [0.25, 0.3) is 0 Å². The average molecular weight is 324 g/mol. The van der Waals surface area contributed by atoms with Gasteiger partial charge in [0.15, 0.2) is 0 Å². The Hall–Kier alpha value is -2.14. The first-order chi connectivity index (χ1) is 11.6. The number of amides is 1. The van der Waals surface area contributed by atoms with Gasteiger partial charge in [0, 0.05) is 44.6 Å². The Labute approximate surface area is 142 Å². The summed E-state index contributed by atoms with van der Waals surface area (Å²) in [5, 5.41) is 0. The van der Waals surface area contributed by atoms with E-state index in [1.165, 1.54) is 17.5 Å². The van der Waals surface area contributed by atoms with Crippen LogP contribution in [-0.2, 0) is 19.9 Å². The number of hydrogen-bond donors (Lipinski definition) is 0. The van der Waals surface area contributed by atoms with Gasteiger partial charge in [0.2, 0.25) is 0 Å². The quantitative estimate of drug-likeness (QED) is 0.849. The second-order valence-electron chi connectivity index (χ2n) is 6.98. The summed E-state index contributed by atoms with van der Waals surface area (Å²) in [5.41, 5.74) is 3.60. The Kier molecular flexibility index (Phi) is 3.88. The lowest BCUT2D eigenvalue weighted by Crippen LogP contribution is -2.49. The Bertz CT molecular complexity index is 766. The third-order valence-corrected chi connectivity index (χ3v) is 5.44. The highest BCUT2D eigenvalue weighted by atomic mass is 16.2. The molecule has 2 heterocycles. The molecule has 24 heavy (non-hydrogen) atoms. The number of hydrogen-bond acceptors (Lipinski definition) is 3. The van der Waals surface area contributed by atoms with Gasteiger partial charge in [-0.2, -0.15) is 0 Å². The van der Waals surface area contributed by atoms with Gasteiger partial charge < -0.3 is 9.47 Å². The number of carbonyl (C=O) groups is 1. The standard InChI is InChI=1S/C19H24N4O/c1-21-10-11-23(13-17(21)18-20-8-9-22(18)2)19(24)16-7-6-14-4-3-5-15(14)12-16/h6-9,12,17H,3-5,10-11,13H2,1-2H3. The van der Waals surface area contributed by atoms with Crippen molar-refractivity contribution in [3.63, 3.8) is 0 Å². The number of fused-ring (bicyclic) bond motifs is 1. The SMILES string of the molecule is CN1CCN(C(=O)c2ccc3c(c2)CCC3)CC1c1nccn1C. The highest BCUT2D eigenvalue weighted by Gasteiger charge is 2.31. The molecule has 1 atom stereocenters. The van der Waals surface area contributed by atoms with Crippen molar-refractivity contribution in [2.75, 3.05) is 26.7 Å². The molecule has 0 bridgehead atoms. The molecule has 1 aliphatic carbocycles. The third kappa shape index (κ3) is 2.63. The maximum Gasteiger partial charge on any atom is 0.253 e. The number of imidazole rings is 1. The lowest BCUT2D eigenvalue weighted by molar-refractivity contribution is 0.0528. The second kappa shape index (κ2) is 6.06. The van der Waals surface area contributed by atoms with E-state index in [1.54, 1.807) is 0 Å². The molecule has 4 rings (SSSR count). The van der Waals surface area contributed by atoms with Crippen molar-refractivity contribution >= 4 is 5.91 Å². The maximum absolute atomic E-state index is 13.0. The smallest absolute Gasteiger partial charge is 0.253 e. The van der Waals surface area contributed by atoms with Crippen LogP contribution in [0.4, 0.5) is 0 Å². The van der Waals surface area contributed by atoms with E-state index >= 15 is 0 Å². The molecule has 1 unspecified atom stereocenters. The van der Waals surface area contributed by atoms with Gasteiger partial charge in [0.1, 0.15) is 5.82 Å². The Morgan fingerprint density at radius 3 is 2.79 bits per heavy atom. The van der Waals surface area contributed by atoms with Crippen LogP contribution >= 0.6 is 0 Å². The van der Waals surface area contributed by atoms with E-state index in [-0.39, 0.29) is 11.9 Å². The van der Waals surface area contributed by atoms with E-state index in [0.29, 0.717) is 6.54 Å². The summed E-state index contributed by atoms with van der Waals surface area (Å²) in [5.74, 6) is 1.17. The predicted octanol–water partition coefficient (Wildman–Crippen LogP) is 2.04. The summed E-state index contributed by atoms with van der Waals surface area (Å²) in [4.78, 5) is 21.7. The van der Waals surface area contributed by atoms with Crippen LogP contribution in [0.2, 0.25) is 0 Å². The number of likely N-dealkylation sites (N-methyl/N-ethyl adjacent to an activating group) is 1.